The quantitative estimate of drug-likeness (QED) is 0.623. The Hall–Kier alpha value is -3.03. The molecule has 2 aromatic heterocycles. The van der Waals surface area contributed by atoms with Gasteiger partial charge in [-0.2, -0.15) is 4.98 Å². The smallest absolute Gasteiger partial charge is 0.242 e. The van der Waals surface area contributed by atoms with Gasteiger partial charge in [0.1, 0.15) is 5.82 Å². The molecule has 1 fully saturated rings. The van der Waals surface area contributed by atoms with Crippen LogP contribution in [0.2, 0.25) is 0 Å². The number of fused-ring (bicyclic) bond motifs is 3. The van der Waals surface area contributed by atoms with Crippen LogP contribution in [0.15, 0.2) is 36.3 Å². The van der Waals surface area contributed by atoms with Crippen molar-refractivity contribution in [3.63, 3.8) is 0 Å². The molecule has 6 nitrogen and oxygen atoms in total. The molecule has 8 heteroatoms. The van der Waals surface area contributed by atoms with Gasteiger partial charge < -0.3 is 9.88 Å². The lowest BCUT2D eigenvalue weighted by atomic mass is 9.64. The fourth-order valence-electron chi connectivity index (χ4n) is 5.56. The molecule has 0 spiro atoms. The number of allylic oxidation sites excluding steroid dienone is 1. The lowest BCUT2D eigenvalue weighted by Crippen LogP contribution is -2.50. The minimum Gasteiger partial charge on any atom is -0.347 e. The van der Waals surface area contributed by atoms with Gasteiger partial charge in [0.05, 0.1) is 12.0 Å². The number of anilines is 1. The Morgan fingerprint density at radius 2 is 2.03 bits per heavy atom. The van der Waals surface area contributed by atoms with Crippen LogP contribution < -0.4 is 5.32 Å². The van der Waals surface area contributed by atoms with Crippen LogP contribution >= 0.6 is 0 Å². The van der Waals surface area contributed by atoms with Crippen LogP contribution in [-0.2, 0) is 6.54 Å². The van der Waals surface area contributed by atoms with E-state index >= 15 is 0 Å². The van der Waals surface area contributed by atoms with Crippen molar-refractivity contribution >= 4 is 11.6 Å². The number of hydrogen-bond acceptors (Lipinski definition) is 4. The second-order valence-corrected chi connectivity index (χ2v) is 9.47. The molecular weight excluding hydrogens is 410 g/mol. The first-order valence-corrected chi connectivity index (χ1v) is 11.4. The summed E-state index contributed by atoms with van der Waals surface area (Å²) < 4.78 is 31.5. The maximum absolute atomic E-state index is 13.9. The van der Waals surface area contributed by atoms with Crippen molar-refractivity contribution in [1.29, 1.82) is 0 Å². The summed E-state index contributed by atoms with van der Waals surface area (Å²) in [5.74, 6) is -0.215. The predicted molar refractivity (Wildman–Crippen MR) is 117 cm³/mol. The van der Waals surface area contributed by atoms with E-state index in [1.165, 1.54) is 23.4 Å². The van der Waals surface area contributed by atoms with Gasteiger partial charge in [0.15, 0.2) is 11.6 Å². The topological polar surface area (TPSA) is 60.6 Å². The summed E-state index contributed by atoms with van der Waals surface area (Å²) in [4.78, 5) is 9.22. The van der Waals surface area contributed by atoms with E-state index in [9.17, 15) is 8.78 Å². The fourth-order valence-corrected chi connectivity index (χ4v) is 5.56. The van der Waals surface area contributed by atoms with E-state index in [4.69, 9.17) is 10.1 Å². The van der Waals surface area contributed by atoms with Gasteiger partial charge in [0, 0.05) is 29.9 Å². The number of nitrogens with one attached hydrogen (secondary N) is 1. The first-order chi connectivity index (χ1) is 15.5. The minimum atomic E-state index is -0.818. The third-order valence-electron chi connectivity index (χ3n) is 7.22. The van der Waals surface area contributed by atoms with Crippen molar-refractivity contribution in [3.05, 3.63) is 65.0 Å². The van der Waals surface area contributed by atoms with Crippen LogP contribution in [0.3, 0.4) is 0 Å². The standard InChI is InChI=1S/C24H26F2N6/c1-15-13-31(14-27-15)21-7-8-24(11-17(21)12-24)29-23-28-22-18(4-2-3-9-32(22)30-23)16-5-6-19(25)20(26)10-16/h5-6,10,13-14,18H,2-4,7-9,11-12H2,1H3,(H,29,30)/t18-/m1/s1. The zero-order chi connectivity index (χ0) is 21.9. The van der Waals surface area contributed by atoms with E-state index in [1.54, 1.807) is 6.07 Å². The average Bonchev–Trinajstić information content (AvgIpc) is 3.31. The Balaban J connectivity index is 1.25. The molecule has 3 aromatic rings. The molecule has 3 heterocycles. The van der Waals surface area contributed by atoms with Crippen molar-refractivity contribution in [2.75, 3.05) is 5.32 Å². The fraction of sp³-hybridized carbons (Fsp3) is 0.458. The monoisotopic (exact) mass is 436 g/mol. The molecule has 0 amide bonds. The number of nitrogens with zero attached hydrogens (tertiary/aromatic N) is 5. The van der Waals surface area contributed by atoms with Crippen LogP contribution in [0.1, 0.15) is 67.9 Å². The van der Waals surface area contributed by atoms with E-state index < -0.39 is 11.6 Å². The van der Waals surface area contributed by atoms with Gasteiger partial charge in [0.25, 0.3) is 0 Å². The van der Waals surface area contributed by atoms with E-state index in [2.05, 4.69) is 21.1 Å². The lowest BCUT2D eigenvalue weighted by molar-refractivity contribution is 0.320. The molecule has 1 aliphatic heterocycles. The zero-order valence-electron chi connectivity index (χ0n) is 18.1. The average molecular weight is 437 g/mol. The molecule has 7 rings (SSSR count). The molecule has 166 valence electrons. The molecule has 32 heavy (non-hydrogen) atoms. The van der Waals surface area contributed by atoms with Gasteiger partial charge in [-0.25, -0.2) is 18.4 Å². The van der Waals surface area contributed by atoms with Crippen LogP contribution in [-0.4, -0.2) is 29.9 Å². The summed E-state index contributed by atoms with van der Waals surface area (Å²) in [6.45, 7) is 2.81. The van der Waals surface area contributed by atoms with Gasteiger partial charge in [-0.1, -0.05) is 12.5 Å². The third kappa shape index (κ3) is 3.24. The second kappa shape index (κ2) is 7.25. The Morgan fingerprint density at radius 3 is 2.75 bits per heavy atom. The SMILES string of the molecule is Cc1cn(C2=C3CC(Nc4nc5n(n4)CCCC[C@@H]5c4ccc(F)c(F)c4)(CC2)C3)cn1. The molecule has 1 aromatic carbocycles. The van der Waals surface area contributed by atoms with E-state index in [-0.39, 0.29) is 11.5 Å². The van der Waals surface area contributed by atoms with Gasteiger partial charge >= 0.3 is 0 Å². The van der Waals surface area contributed by atoms with E-state index in [0.717, 1.165) is 68.6 Å². The molecule has 1 saturated carbocycles. The summed E-state index contributed by atoms with van der Waals surface area (Å²) in [5, 5.41) is 8.40. The highest BCUT2D eigenvalue weighted by Crippen LogP contribution is 2.51. The molecule has 0 unspecified atom stereocenters. The van der Waals surface area contributed by atoms with E-state index in [0.29, 0.717) is 5.95 Å². The molecule has 2 bridgehead atoms. The number of benzene rings is 1. The molecule has 0 saturated heterocycles. The predicted octanol–water partition coefficient (Wildman–Crippen LogP) is 5.03. The summed E-state index contributed by atoms with van der Waals surface area (Å²) in [5.41, 5.74) is 4.66. The second-order valence-electron chi connectivity index (χ2n) is 9.47. The molecule has 0 radical (unpaired) electrons. The third-order valence-corrected chi connectivity index (χ3v) is 7.22. The summed E-state index contributed by atoms with van der Waals surface area (Å²) in [7, 11) is 0. The molecule has 1 atom stereocenters. The van der Waals surface area contributed by atoms with Crippen molar-refractivity contribution in [1.82, 2.24) is 24.3 Å². The number of halogens is 2. The normalized spacial score (nSPS) is 21.7. The maximum Gasteiger partial charge on any atom is 0.242 e. The van der Waals surface area contributed by atoms with Crippen molar-refractivity contribution < 1.29 is 8.78 Å². The zero-order valence-corrected chi connectivity index (χ0v) is 18.1. The Bertz CT molecular complexity index is 1220. The van der Waals surface area contributed by atoms with E-state index in [1.807, 2.05) is 17.9 Å². The van der Waals surface area contributed by atoms with Crippen LogP contribution in [0.4, 0.5) is 14.7 Å². The number of hydrogen-bond donors (Lipinski definition) is 1. The number of rotatable bonds is 4. The maximum atomic E-state index is 13.9. The number of aromatic nitrogens is 5. The molecule has 3 aliphatic carbocycles. The molecular formula is C24H26F2N6. The Kier molecular flexibility index (Phi) is 4.45. The summed E-state index contributed by atoms with van der Waals surface area (Å²) >= 11 is 0. The van der Waals surface area contributed by atoms with Gasteiger partial charge in [-0.15, -0.1) is 5.10 Å². The highest BCUT2D eigenvalue weighted by atomic mass is 19.2. The Labute approximate surface area is 185 Å². The minimum absolute atomic E-state index is 0.0134. The highest BCUT2D eigenvalue weighted by Gasteiger charge is 2.46. The van der Waals surface area contributed by atoms with Crippen molar-refractivity contribution in [2.24, 2.45) is 0 Å². The van der Waals surface area contributed by atoms with Crippen LogP contribution in [0.5, 0.6) is 0 Å². The summed E-state index contributed by atoms with van der Waals surface area (Å²) in [6.07, 6.45) is 10.9. The number of imidazole rings is 1. The number of aryl methyl sites for hydroxylation is 2. The first kappa shape index (κ1) is 19.6. The lowest BCUT2D eigenvalue weighted by Gasteiger charge is -2.49. The van der Waals surface area contributed by atoms with Crippen molar-refractivity contribution in [3.8, 4) is 0 Å². The van der Waals surface area contributed by atoms with Gasteiger partial charge in [-0.05, 0) is 68.7 Å². The summed E-state index contributed by atoms with van der Waals surface area (Å²) in [6, 6.07) is 4.18. The first-order valence-electron chi connectivity index (χ1n) is 11.4. The largest absolute Gasteiger partial charge is 0.347 e. The van der Waals surface area contributed by atoms with Gasteiger partial charge in [-0.3, -0.25) is 0 Å². The van der Waals surface area contributed by atoms with Gasteiger partial charge in [0.2, 0.25) is 5.95 Å². The molecule has 4 aliphatic rings. The highest BCUT2D eigenvalue weighted by molar-refractivity contribution is 5.60. The molecule has 1 N–H and O–H groups in total. The van der Waals surface area contributed by atoms with Crippen LogP contribution in [0, 0.1) is 18.6 Å². The Morgan fingerprint density at radius 1 is 1.16 bits per heavy atom. The van der Waals surface area contributed by atoms with Crippen LogP contribution in [0.25, 0.3) is 5.70 Å². The van der Waals surface area contributed by atoms with Crippen molar-refractivity contribution in [2.45, 2.75) is 69.9 Å².